The predicted octanol–water partition coefficient (Wildman–Crippen LogP) is 12.1. The molecule has 0 aromatic heterocycles. The number of allylic oxidation sites excluding steroid dienone is 1. The van der Waals surface area contributed by atoms with E-state index in [1.807, 2.05) is 37.8 Å². The second kappa shape index (κ2) is 24.3. The second-order valence-corrected chi connectivity index (χ2v) is 12.5. The summed E-state index contributed by atoms with van der Waals surface area (Å²) in [7, 11) is 0. The third-order valence-corrected chi connectivity index (χ3v) is 8.75. The zero-order valence-electron chi connectivity index (χ0n) is 27.0. The Kier molecular flexibility index (Phi) is 20.8. The summed E-state index contributed by atoms with van der Waals surface area (Å²) in [5.74, 6) is 2.38. The number of hydrogen-bond acceptors (Lipinski definition) is 4. The Bertz CT molecular complexity index is 982. The molecule has 0 bridgehead atoms. The van der Waals surface area contributed by atoms with Crippen LogP contribution in [0.1, 0.15) is 146 Å². The normalized spacial score (nSPS) is 11.3. The third kappa shape index (κ3) is 16.4. The molecule has 0 amide bonds. The Morgan fingerprint density at radius 3 is 1.69 bits per heavy atom. The number of carbonyl (C=O) groups is 1. The minimum Gasteiger partial charge on any atom is -0.494 e. The molecule has 2 aromatic rings. The van der Waals surface area contributed by atoms with Crippen molar-refractivity contribution in [2.24, 2.45) is 0 Å². The van der Waals surface area contributed by atoms with Crippen LogP contribution in [0.15, 0.2) is 53.4 Å². The van der Waals surface area contributed by atoms with Gasteiger partial charge in [0.2, 0.25) is 0 Å². The van der Waals surface area contributed by atoms with Gasteiger partial charge < -0.3 is 9.47 Å². The summed E-state index contributed by atoms with van der Waals surface area (Å²) >= 11 is 1.93. The van der Waals surface area contributed by atoms with Crippen LogP contribution in [-0.2, 0) is 0 Å². The van der Waals surface area contributed by atoms with Gasteiger partial charge in [0.25, 0.3) is 0 Å². The monoisotopic (exact) mass is 594 g/mol. The van der Waals surface area contributed by atoms with Gasteiger partial charge in [0.1, 0.15) is 11.5 Å². The molecule has 0 aliphatic heterocycles. The number of unbranched alkanes of at least 4 members (excludes halogenated alkanes) is 16. The van der Waals surface area contributed by atoms with E-state index in [4.69, 9.17) is 9.47 Å². The maximum absolute atomic E-state index is 12.8. The van der Waals surface area contributed by atoms with Crippen molar-refractivity contribution in [1.82, 2.24) is 0 Å². The molecule has 0 aliphatic carbocycles. The van der Waals surface area contributed by atoms with E-state index in [2.05, 4.69) is 31.2 Å². The summed E-state index contributed by atoms with van der Waals surface area (Å²) in [6.07, 6.45) is 27.5. The van der Waals surface area contributed by atoms with Crippen molar-refractivity contribution in [1.29, 1.82) is 0 Å². The van der Waals surface area contributed by atoms with E-state index in [9.17, 15) is 4.79 Å². The van der Waals surface area contributed by atoms with Gasteiger partial charge in [-0.3, -0.25) is 4.79 Å². The van der Waals surface area contributed by atoms with Crippen LogP contribution in [0.4, 0.5) is 0 Å². The maximum Gasteiger partial charge on any atom is 0.189 e. The average molecular weight is 595 g/mol. The van der Waals surface area contributed by atoms with Gasteiger partial charge in [0.15, 0.2) is 5.78 Å². The van der Waals surface area contributed by atoms with Crippen LogP contribution in [0.3, 0.4) is 0 Å². The fourth-order valence-electron chi connectivity index (χ4n) is 5.19. The van der Waals surface area contributed by atoms with Crippen molar-refractivity contribution in [2.45, 2.75) is 135 Å². The molecule has 0 radical (unpaired) electrons. The molecule has 0 spiro atoms. The highest BCUT2D eigenvalue weighted by Crippen LogP contribution is 2.27. The molecule has 2 rings (SSSR count). The fourth-order valence-corrected chi connectivity index (χ4v) is 6.10. The summed E-state index contributed by atoms with van der Waals surface area (Å²) in [5.41, 5.74) is 1.58. The molecule has 0 aliphatic rings. The quantitative estimate of drug-likeness (QED) is 0.0470. The van der Waals surface area contributed by atoms with E-state index in [0.29, 0.717) is 30.3 Å². The van der Waals surface area contributed by atoms with Gasteiger partial charge in [0, 0.05) is 11.0 Å². The van der Waals surface area contributed by atoms with E-state index in [1.54, 1.807) is 18.2 Å². The number of carbonyl (C=O) groups excluding carboxylic acids is 1. The topological polar surface area (TPSA) is 35.5 Å². The summed E-state index contributed by atoms with van der Waals surface area (Å²) in [6, 6.07) is 13.9. The second-order valence-electron chi connectivity index (χ2n) is 11.3. The van der Waals surface area contributed by atoms with E-state index in [1.165, 1.54) is 120 Å². The molecule has 0 fully saturated rings. The molecule has 3 nitrogen and oxygen atoms in total. The third-order valence-electron chi connectivity index (χ3n) is 7.65. The minimum atomic E-state index is -0.0706. The van der Waals surface area contributed by atoms with Crippen molar-refractivity contribution >= 4 is 23.6 Å². The summed E-state index contributed by atoms with van der Waals surface area (Å²) in [4.78, 5) is 14.1. The lowest BCUT2D eigenvalue weighted by atomic mass is 10.0. The predicted molar refractivity (Wildman–Crippen MR) is 183 cm³/mol. The van der Waals surface area contributed by atoms with Crippen LogP contribution in [0.5, 0.6) is 11.5 Å². The molecule has 234 valence electrons. The van der Waals surface area contributed by atoms with Crippen LogP contribution in [-0.4, -0.2) is 24.7 Å². The van der Waals surface area contributed by atoms with Crippen LogP contribution < -0.4 is 9.47 Å². The van der Waals surface area contributed by atoms with Gasteiger partial charge >= 0.3 is 0 Å². The van der Waals surface area contributed by atoms with Gasteiger partial charge in [0.05, 0.1) is 18.8 Å². The zero-order valence-corrected chi connectivity index (χ0v) is 27.8. The van der Waals surface area contributed by atoms with Gasteiger partial charge in [-0.05, 0) is 61.9 Å². The number of rotatable bonds is 26. The molecular formula is C38H58O3S. The van der Waals surface area contributed by atoms with E-state index >= 15 is 0 Å². The highest BCUT2D eigenvalue weighted by Gasteiger charge is 2.11. The summed E-state index contributed by atoms with van der Waals surface area (Å²) < 4.78 is 11.2. The number of benzene rings is 2. The van der Waals surface area contributed by atoms with Gasteiger partial charge in [-0.1, -0.05) is 128 Å². The van der Waals surface area contributed by atoms with Crippen LogP contribution >= 0.6 is 11.8 Å². The van der Waals surface area contributed by atoms with Crippen LogP contribution in [0.25, 0.3) is 6.08 Å². The first-order valence-corrected chi connectivity index (χ1v) is 18.0. The van der Waals surface area contributed by atoms with E-state index < -0.39 is 0 Å². The Morgan fingerprint density at radius 1 is 0.643 bits per heavy atom. The van der Waals surface area contributed by atoms with Crippen molar-refractivity contribution in [2.75, 3.05) is 19.0 Å². The fraction of sp³-hybridized carbons (Fsp3) is 0.605. The Balaban J connectivity index is 1.51. The molecular weight excluding hydrogens is 536 g/mol. The smallest absolute Gasteiger partial charge is 0.189 e. The highest BCUT2D eigenvalue weighted by molar-refractivity contribution is 7.99. The van der Waals surface area contributed by atoms with E-state index in [-0.39, 0.29) is 5.78 Å². The average Bonchev–Trinajstić information content (AvgIpc) is 3.00. The molecule has 0 heterocycles. The SMILES string of the molecule is CCCCCCCCCCCCCCCCCCCSc1ccc(C=CC(=O)c2ccc(OCC)cc2OCC)cc1. The lowest BCUT2D eigenvalue weighted by Crippen LogP contribution is -2.02. The van der Waals surface area contributed by atoms with Gasteiger partial charge in [-0.15, -0.1) is 11.8 Å². The van der Waals surface area contributed by atoms with Gasteiger partial charge in [-0.2, -0.15) is 0 Å². The van der Waals surface area contributed by atoms with Crippen molar-refractivity contribution in [3.63, 3.8) is 0 Å². The lowest BCUT2D eigenvalue weighted by molar-refractivity contribution is 0.104. The number of ether oxygens (including phenoxy) is 2. The molecule has 0 N–H and O–H groups in total. The molecule has 2 aromatic carbocycles. The van der Waals surface area contributed by atoms with Crippen molar-refractivity contribution < 1.29 is 14.3 Å². The van der Waals surface area contributed by atoms with Crippen molar-refractivity contribution in [3.8, 4) is 11.5 Å². The number of hydrogen-bond donors (Lipinski definition) is 0. The Hall–Kier alpha value is -2.20. The van der Waals surface area contributed by atoms with Gasteiger partial charge in [-0.25, -0.2) is 0 Å². The Morgan fingerprint density at radius 2 is 1.17 bits per heavy atom. The van der Waals surface area contributed by atoms with Crippen LogP contribution in [0.2, 0.25) is 0 Å². The Labute approximate surface area is 262 Å². The zero-order chi connectivity index (χ0) is 30.1. The largest absolute Gasteiger partial charge is 0.494 e. The molecule has 4 heteroatoms. The van der Waals surface area contributed by atoms with E-state index in [0.717, 1.165) is 5.56 Å². The first-order chi connectivity index (χ1) is 20.7. The minimum absolute atomic E-state index is 0.0706. The molecule has 42 heavy (non-hydrogen) atoms. The lowest BCUT2D eigenvalue weighted by Gasteiger charge is -2.10. The summed E-state index contributed by atoms with van der Waals surface area (Å²) in [6.45, 7) is 7.22. The maximum atomic E-state index is 12.8. The standard InChI is InChI=1S/C38H58O3S/c1-4-7-8-9-10-11-12-13-14-15-16-17-18-19-20-21-22-31-42-35-27-23-33(24-28-35)25-30-37(39)36-29-26-34(40-5-2)32-38(36)41-6-3/h23-30,32H,4-22,31H2,1-3H3. The first-order valence-electron chi connectivity index (χ1n) is 17.0. The van der Waals surface area contributed by atoms with Crippen molar-refractivity contribution in [3.05, 3.63) is 59.7 Å². The van der Waals surface area contributed by atoms with Crippen LogP contribution in [0, 0.1) is 0 Å². The number of ketones is 1. The molecule has 0 saturated carbocycles. The highest BCUT2D eigenvalue weighted by atomic mass is 32.2. The number of thioether (sulfide) groups is 1. The summed E-state index contributed by atoms with van der Waals surface area (Å²) in [5, 5.41) is 0. The molecule has 0 saturated heterocycles. The first kappa shape index (κ1) is 36.0. The molecule has 0 unspecified atom stereocenters. The molecule has 0 atom stereocenters.